The summed E-state index contributed by atoms with van der Waals surface area (Å²) in [5.74, 6) is 0. The molecule has 0 amide bonds. The van der Waals surface area contributed by atoms with Gasteiger partial charge in [-0.3, -0.25) is 0 Å². The normalized spacial score (nSPS) is 13.8. The highest BCUT2D eigenvalue weighted by atomic mass is 16.5. The summed E-state index contributed by atoms with van der Waals surface area (Å²) >= 11 is 0. The zero-order chi connectivity index (χ0) is 15.8. The Morgan fingerprint density at radius 1 is 1.05 bits per heavy atom. The Morgan fingerprint density at radius 2 is 1.77 bits per heavy atom. The Labute approximate surface area is 133 Å². The van der Waals surface area contributed by atoms with Gasteiger partial charge in [0.25, 0.3) is 0 Å². The van der Waals surface area contributed by atoms with Crippen LogP contribution in [0.25, 0.3) is 11.1 Å². The van der Waals surface area contributed by atoms with Gasteiger partial charge in [0, 0.05) is 25.8 Å². The van der Waals surface area contributed by atoms with Crippen molar-refractivity contribution in [2.45, 2.75) is 25.4 Å². The minimum Gasteiger partial charge on any atom is -0.396 e. The van der Waals surface area contributed by atoms with E-state index < -0.39 is 0 Å². The molecule has 0 aliphatic heterocycles. The first-order chi connectivity index (χ1) is 10.7. The van der Waals surface area contributed by atoms with Crippen LogP contribution in [0, 0.1) is 0 Å². The molecule has 0 aliphatic carbocycles. The van der Waals surface area contributed by atoms with Gasteiger partial charge in [-0.05, 0) is 36.1 Å². The van der Waals surface area contributed by atoms with Gasteiger partial charge in [-0.15, -0.1) is 0 Å². The molecule has 0 spiro atoms. The summed E-state index contributed by atoms with van der Waals surface area (Å²) < 4.78 is 5.27. The second-order valence-corrected chi connectivity index (χ2v) is 5.89. The van der Waals surface area contributed by atoms with Gasteiger partial charge < -0.3 is 15.2 Å². The fourth-order valence-corrected chi connectivity index (χ4v) is 2.58. The molecule has 118 valence electrons. The molecule has 0 heterocycles. The second-order valence-electron chi connectivity index (χ2n) is 5.89. The molecule has 2 aromatic rings. The molecule has 0 saturated carbocycles. The molecular formula is C19H25NO2. The average Bonchev–Trinajstić information content (AvgIpc) is 2.55. The lowest BCUT2D eigenvalue weighted by Crippen LogP contribution is -2.46. The smallest absolute Gasteiger partial charge is 0.0642 e. The SMILES string of the molecule is COCC(C)(CCO)NCc1cccc(-c2ccccc2)c1. The molecular weight excluding hydrogens is 274 g/mol. The van der Waals surface area contributed by atoms with Crippen molar-refractivity contribution < 1.29 is 9.84 Å². The molecule has 0 saturated heterocycles. The van der Waals surface area contributed by atoms with Crippen LogP contribution in [0.15, 0.2) is 54.6 Å². The summed E-state index contributed by atoms with van der Waals surface area (Å²) in [7, 11) is 1.69. The van der Waals surface area contributed by atoms with Gasteiger partial charge in [0.15, 0.2) is 0 Å². The van der Waals surface area contributed by atoms with Crippen molar-refractivity contribution in [1.82, 2.24) is 5.32 Å². The predicted octanol–water partition coefficient (Wildman–Crippen LogP) is 3.23. The summed E-state index contributed by atoms with van der Waals surface area (Å²) in [6.45, 7) is 3.55. The van der Waals surface area contributed by atoms with Crippen molar-refractivity contribution in [3.63, 3.8) is 0 Å². The van der Waals surface area contributed by atoms with Gasteiger partial charge in [-0.1, -0.05) is 48.5 Å². The highest BCUT2D eigenvalue weighted by molar-refractivity contribution is 5.63. The molecule has 1 unspecified atom stereocenters. The zero-order valence-electron chi connectivity index (χ0n) is 13.4. The van der Waals surface area contributed by atoms with Gasteiger partial charge in [0.2, 0.25) is 0 Å². The Morgan fingerprint density at radius 3 is 2.45 bits per heavy atom. The Hall–Kier alpha value is -1.68. The molecule has 0 aromatic heterocycles. The van der Waals surface area contributed by atoms with Crippen LogP contribution >= 0.6 is 0 Å². The number of ether oxygens (including phenoxy) is 1. The summed E-state index contributed by atoms with van der Waals surface area (Å²) in [4.78, 5) is 0. The average molecular weight is 299 g/mol. The first kappa shape index (κ1) is 16.7. The number of benzene rings is 2. The second kappa shape index (κ2) is 8.08. The van der Waals surface area contributed by atoms with Crippen LogP contribution in [0.5, 0.6) is 0 Å². The van der Waals surface area contributed by atoms with Crippen molar-refractivity contribution in [2.75, 3.05) is 20.3 Å². The molecule has 2 N–H and O–H groups in total. The molecule has 3 nitrogen and oxygen atoms in total. The van der Waals surface area contributed by atoms with Crippen LogP contribution in [-0.2, 0) is 11.3 Å². The van der Waals surface area contributed by atoms with Crippen molar-refractivity contribution >= 4 is 0 Å². The molecule has 1 atom stereocenters. The van der Waals surface area contributed by atoms with Crippen molar-refractivity contribution in [2.24, 2.45) is 0 Å². The Balaban J connectivity index is 2.07. The van der Waals surface area contributed by atoms with E-state index in [1.165, 1.54) is 16.7 Å². The van der Waals surface area contributed by atoms with E-state index in [0.717, 1.165) is 6.54 Å². The van der Waals surface area contributed by atoms with E-state index in [-0.39, 0.29) is 12.1 Å². The first-order valence-corrected chi connectivity index (χ1v) is 7.66. The summed E-state index contributed by atoms with van der Waals surface area (Å²) in [6.07, 6.45) is 0.666. The van der Waals surface area contributed by atoms with E-state index in [1.54, 1.807) is 7.11 Å². The molecule has 22 heavy (non-hydrogen) atoms. The minimum atomic E-state index is -0.216. The topological polar surface area (TPSA) is 41.5 Å². The van der Waals surface area contributed by atoms with Crippen LogP contribution in [0.2, 0.25) is 0 Å². The van der Waals surface area contributed by atoms with Gasteiger partial charge >= 0.3 is 0 Å². The quantitative estimate of drug-likeness (QED) is 0.786. The number of hydrogen-bond acceptors (Lipinski definition) is 3. The van der Waals surface area contributed by atoms with Crippen LogP contribution in [0.1, 0.15) is 18.9 Å². The van der Waals surface area contributed by atoms with Crippen LogP contribution in [0.3, 0.4) is 0 Å². The molecule has 0 aliphatic rings. The van der Waals surface area contributed by atoms with Crippen LogP contribution in [-0.4, -0.2) is 31.0 Å². The van der Waals surface area contributed by atoms with Crippen LogP contribution < -0.4 is 5.32 Å². The lowest BCUT2D eigenvalue weighted by Gasteiger charge is -2.29. The molecule has 3 heteroatoms. The maximum absolute atomic E-state index is 9.22. The number of aliphatic hydroxyl groups excluding tert-OH is 1. The highest BCUT2D eigenvalue weighted by Crippen LogP contribution is 2.20. The number of hydrogen-bond donors (Lipinski definition) is 2. The van der Waals surface area contributed by atoms with Crippen molar-refractivity contribution in [1.29, 1.82) is 0 Å². The molecule has 0 radical (unpaired) electrons. The standard InChI is InChI=1S/C19H25NO2/c1-19(11-12-21,15-22-2)20-14-16-7-6-10-18(13-16)17-8-4-3-5-9-17/h3-10,13,20-21H,11-12,14-15H2,1-2H3. The van der Waals surface area contributed by atoms with E-state index in [9.17, 15) is 5.11 Å². The third-order valence-electron chi connectivity index (χ3n) is 3.88. The summed E-state index contributed by atoms with van der Waals surface area (Å²) in [5.41, 5.74) is 3.45. The Kier molecular flexibility index (Phi) is 6.13. The lowest BCUT2D eigenvalue weighted by atomic mass is 9.98. The fourth-order valence-electron chi connectivity index (χ4n) is 2.58. The van der Waals surface area contributed by atoms with E-state index in [0.29, 0.717) is 13.0 Å². The van der Waals surface area contributed by atoms with E-state index >= 15 is 0 Å². The number of aliphatic hydroxyl groups is 1. The Bertz CT molecular complexity index is 563. The number of rotatable bonds is 8. The monoisotopic (exact) mass is 299 g/mol. The maximum Gasteiger partial charge on any atom is 0.0642 e. The third-order valence-corrected chi connectivity index (χ3v) is 3.88. The predicted molar refractivity (Wildman–Crippen MR) is 90.7 cm³/mol. The largest absolute Gasteiger partial charge is 0.396 e. The van der Waals surface area contributed by atoms with Gasteiger partial charge in [0.1, 0.15) is 0 Å². The zero-order valence-corrected chi connectivity index (χ0v) is 13.4. The van der Waals surface area contributed by atoms with E-state index in [2.05, 4.69) is 60.8 Å². The number of methoxy groups -OCH3 is 1. The third kappa shape index (κ3) is 4.67. The minimum absolute atomic E-state index is 0.150. The summed E-state index contributed by atoms with van der Waals surface area (Å²) in [5, 5.41) is 12.7. The molecule has 0 fully saturated rings. The van der Waals surface area contributed by atoms with Gasteiger partial charge in [-0.2, -0.15) is 0 Å². The van der Waals surface area contributed by atoms with Gasteiger partial charge in [0.05, 0.1) is 6.61 Å². The molecule has 2 rings (SSSR count). The molecule has 0 bridgehead atoms. The highest BCUT2D eigenvalue weighted by Gasteiger charge is 2.22. The first-order valence-electron chi connectivity index (χ1n) is 7.66. The van der Waals surface area contributed by atoms with Crippen LogP contribution in [0.4, 0.5) is 0 Å². The van der Waals surface area contributed by atoms with Gasteiger partial charge in [-0.25, -0.2) is 0 Å². The maximum atomic E-state index is 9.22. The lowest BCUT2D eigenvalue weighted by molar-refractivity contribution is 0.0970. The van der Waals surface area contributed by atoms with Crippen molar-refractivity contribution in [3.8, 4) is 11.1 Å². The fraction of sp³-hybridized carbons (Fsp3) is 0.368. The van der Waals surface area contributed by atoms with E-state index in [4.69, 9.17) is 4.74 Å². The molecule has 2 aromatic carbocycles. The summed E-state index contributed by atoms with van der Waals surface area (Å²) in [6, 6.07) is 18.9. The number of nitrogens with one attached hydrogen (secondary N) is 1. The van der Waals surface area contributed by atoms with Crippen molar-refractivity contribution in [3.05, 3.63) is 60.2 Å². The van der Waals surface area contributed by atoms with E-state index in [1.807, 2.05) is 6.07 Å².